The molecule has 0 amide bonds. The molecule has 2 heteroatoms. The molecule has 0 aromatic heterocycles. The van der Waals surface area contributed by atoms with Gasteiger partial charge in [-0.25, -0.2) is 0 Å². The van der Waals surface area contributed by atoms with Crippen LogP contribution in [0.5, 0.6) is 0 Å². The summed E-state index contributed by atoms with van der Waals surface area (Å²) >= 11 is 1.96. The van der Waals surface area contributed by atoms with Gasteiger partial charge < -0.3 is 5.32 Å². The van der Waals surface area contributed by atoms with Gasteiger partial charge in [0.2, 0.25) is 0 Å². The Hall–Kier alpha value is -0.470. The first-order valence-electron chi connectivity index (χ1n) is 5.96. The number of hydrogen-bond donors (Lipinski definition) is 1. The summed E-state index contributed by atoms with van der Waals surface area (Å²) in [6.45, 7) is 5.83. The van der Waals surface area contributed by atoms with Crippen LogP contribution < -0.4 is 5.32 Å². The lowest BCUT2D eigenvalue weighted by molar-refractivity contribution is 0.322. The van der Waals surface area contributed by atoms with Crippen molar-refractivity contribution >= 4 is 11.8 Å². The molecule has 16 heavy (non-hydrogen) atoms. The van der Waals surface area contributed by atoms with E-state index in [1.807, 2.05) is 18.8 Å². The smallest absolute Gasteiger partial charge is 0.00719 e. The number of rotatable bonds is 7. The lowest BCUT2D eigenvalue weighted by Crippen LogP contribution is -2.20. The van der Waals surface area contributed by atoms with E-state index in [2.05, 4.69) is 49.5 Å². The van der Waals surface area contributed by atoms with Gasteiger partial charge in [0.15, 0.2) is 0 Å². The van der Waals surface area contributed by atoms with Gasteiger partial charge in [-0.15, -0.1) is 11.8 Å². The van der Waals surface area contributed by atoms with E-state index in [1.165, 1.54) is 23.5 Å². The molecule has 0 unspecified atom stereocenters. The Morgan fingerprint density at radius 3 is 2.44 bits per heavy atom. The van der Waals surface area contributed by atoms with E-state index in [4.69, 9.17) is 0 Å². The van der Waals surface area contributed by atoms with E-state index < -0.39 is 0 Å². The molecule has 0 bridgehead atoms. The van der Waals surface area contributed by atoms with Crippen LogP contribution in [0.15, 0.2) is 35.2 Å². The molecule has 0 fully saturated rings. The summed E-state index contributed by atoms with van der Waals surface area (Å²) in [6.07, 6.45) is 2.52. The van der Waals surface area contributed by atoms with Crippen LogP contribution in [0, 0.1) is 5.41 Å². The van der Waals surface area contributed by atoms with Crippen molar-refractivity contribution in [1.82, 2.24) is 5.32 Å². The van der Waals surface area contributed by atoms with Crippen molar-refractivity contribution in [3.8, 4) is 0 Å². The Balaban J connectivity index is 2.24. The standard InChI is InChI=1S/C14H23NS/c1-14(2,9-11-15-3)10-12-16-13-7-5-4-6-8-13/h4-8,15H,9-12H2,1-3H3. The third-order valence-electron chi connectivity index (χ3n) is 2.84. The Kier molecular flexibility index (Phi) is 5.93. The van der Waals surface area contributed by atoms with Crippen LogP contribution >= 0.6 is 11.8 Å². The average Bonchev–Trinajstić information content (AvgIpc) is 2.28. The summed E-state index contributed by atoms with van der Waals surface area (Å²) in [4.78, 5) is 1.38. The maximum Gasteiger partial charge on any atom is 0.00719 e. The van der Waals surface area contributed by atoms with Gasteiger partial charge in [-0.05, 0) is 49.7 Å². The van der Waals surface area contributed by atoms with Gasteiger partial charge in [0.25, 0.3) is 0 Å². The Bertz CT molecular complexity index is 282. The molecule has 1 nitrogen and oxygen atoms in total. The fourth-order valence-electron chi connectivity index (χ4n) is 1.55. The zero-order chi connectivity index (χ0) is 11.9. The maximum absolute atomic E-state index is 3.23. The third kappa shape index (κ3) is 5.57. The Morgan fingerprint density at radius 1 is 1.12 bits per heavy atom. The van der Waals surface area contributed by atoms with Crippen LogP contribution in [0.3, 0.4) is 0 Å². The minimum atomic E-state index is 0.449. The number of hydrogen-bond acceptors (Lipinski definition) is 2. The second kappa shape index (κ2) is 6.97. The van der Waals surface area contributed by atoms with Gasteiger partial charge in [0.05, 0.1) is 0 Å². The van der Waals surface area contributed by atoms with Gasteiger partial charge >= 0.3 is 0 Å². The summed E-state index contributed by atoms with van der Waals surface area (Å²) in [5.74, 6) is 1.21. The van der Waals surface area contributed by atoms with Gasteiger partial charge in [-0.1, -0.05) is 32.0 Å². The molecular weight excluding hydrogens is 214 g/mol. The van der Waals surface area contributed by atoms with Crippen LogP contribution in [0.25, 0.3) is 0 Å². The average molecular weight is 237 g/mol. The highest BCUT2D eigenvalue weighted by molar-refractivity contribution is 7.99. The monoisotopic (exact) mass is 237 g/mol. The number of nitrogens with one attached hydrogen (secondary N) is 1. The van der Waals surface area contributed by atoms with E-state index in [1.54, 1.807) is 0 Å². The summed E-state index contributed by atoms with van der Waals surface area (Å²) in [7, 11) is 2.02. The lowest BCUT2D eigenvalue weighted by atomic mass is 9.86. The molecule has 90 valence electrons. The topological polar surface area (TPSA) is 12.0 Å². The molecule has 0 spiro atoms. The van der Waals surface area contributed by atoms with Crippen LogP contribution in [-0.4, -0.2) is 19.3 Å². The summed E-state index contributed by atoms with van der Waals surface area (Å²) in [5.41, 5.74) is 0.449. The minimum Gasteiger partial charge on any atom is -0.320 e. The summed E-state index contributed by atoms with van der Waals surface area (Å²) in [5, 5.41) is 3.23. The fraction of sp³-hybridized carbons (Fsp3) is 0.571. The Morgan fingerprint density at radius 2 is 1.81 bits per heavy atom. The van der Waals surface area contributed by atoms with E-state index in [9.17, 15) is 0 Å². The minimum absolute atomic E-state index is 0.449. The van der Waals surface area contributed by atoms with Gasteiger partial charge in [-0.2, -0.15) is 0 Å². The zero-order valence-corrected chi connectivity index (χ0v) is 11.4. The normalized spacial score (nSPS) is 11.7. The molecule has 1 rings (SSSR count). The highest BCUT2D eigenvalue weighted by Crippen LogP contribution is 2.28. The first-order valence-corrected chi connectivity index (χ1v) is 6.95. The molecule has 0 heterocycles. The van der Waals surface area contributed by atoms with Crippen molar-refractivity contribution in [1.29, 1.82) is 0 Å². The highest BCUT2D eigenvalue weighted by Gasteiger charge is 2.16. The van der Waals surface area contributed by atoms with Crippen molar-refractivity contribution in [2.75, 3.05) is 19.3 Å². The fourth-order valence-corrected chi connectivity index (χ4v) is 2.79. The molecule has 0 radical (unpaired) electrons. The predicted molar refractivity (Wildman–Crippen MR) is 74.1 cm³/mol. The molecule has 0 aliphatic carbocycles. The highest BCUT2D eigenvalue weighted by atomic mass is 32.2. The van der Waals surface area contributed by atoms with Gasteiger partial charge in [0.1, 0.15) is 0 Å². The summed E-state index contributed by atoms with van der Waals surface area (Å²) in [6, 6.07) is 10.7. The molecular formula is C14H23NS. The van der Waals surface area contributed by atoms with Crippen molar-refractivity contribution in [3.05, 3.63) is 30.3 Å². The van der Waals surface area contributed by atoms with Crippen molar-refractivity contribution in [3.63, 3.8) is 0 Å². The second-order valence-corrected chi connectivity index (χ2v) is 6.10. The predicted octanol–water partition coefficient (Wildman–Crippen LogP) is 3.80. The number of thioether (sulfide) groups is 1. The second-order valence-electron chi connectivity index (χ2n) is 4.93. The Labute approximate surface area is 104 Å². The van der Waals surface area contributed by atoms with E-state index in [0.29, 0.717) is 5.41 Å². The molecule has 0 atom stereocenters. The molecule has 0 aliphatic heterocycles. The zero-order valence-electron chi connectivity index (χ0n) is 10.6. The molecule has 0 saturated carbocycles. The quantitative estimate of drug-likeness (QED) is 0.724. The van der Waals surface area contributed by atoms with E-state index in [-0.39, 0.29) is 0 Å². The third-order valence-corrected chi connectivity index (χ3v) is 3.86. The number of benzene rings is 1. The lowest BCUT2D eigenvalue weighted by Gasteiger charge is -2.24. The van der Waals surface area contributed by atoms with E-state index in [0.717, 1.165) is 6.54 Å². The van der Waals surface area contributed by atoms with Crippen molar-refractivity contribution in [2.45, 2.75) is 31.6 Å². The first-order chi connectivity index (χ1) is 7.64. The molecule has 1 N–H and O–H groups in total. The molecule has 1 aromatic rings. The first kappa shape index (κ1) is 13.6. The summed E-state index contributed by atoms with van der Waals surface area (Å²) < 4.78 is 0. The van der Waals surface area contributed by atoms with Gasteiger partial charge in [0, 0.05) is 4.90 Å². The van der Waals surface area contributed by atoms with Crippen molar-refractivity contribution < 1.29 is 0 Å². The molecule has 0 saturated heterocycles. The largest absolute Gasteiger partial charge is 0.320 e. The SMILES string of the molecule is CNCCC(C)(C)CCSc1ccccc1. The van der Waals surface area contributed by atoms with Crippen LogP contribution in [0.1, 0.15) is 26.7 Å². The van der Waals surface area contributed by atoms with Crippen LogP contribution in [0.2, 0.25) is 0 Å². The van der Waals surface area contributed by atoms with E-state index >= 15 is 0 Å². The molecule has 1 aromatic carbocycles. The molecule has 0 aliphatic rings. The van der Waals surface area contributed by atoms with Crippen LogP contribution in [0.4, 0.5) is 0 Å². The van der Waals surface area contributed by atoms with Crippen molar-refractivity contribution in [2.24, 2.45) is 5.41 Å². The van der Waals surface area contributed by atoms with Crippen LogP contribution in [-0.2, 0) is 0 Å². The maximum atomic E-state index is 3.23. The van der Waals surface area contributed by atoms with Gasteiger partial charge in [-0.3, -0.25) is 0 Å².